The maximum atomic E-state index is 12.0. The van der Waals surface area contributed by atoms with Gasteiger partial charge in [0.05, 0.1) is 10.9 Å². The molecule has 4 heteroatoms. The number of rotatable bonds is 5. The fraction of sp³-hybridized carbons (Fsp3) is 0.533. The number of aliphatic hydroxyl groups is 1. The Morgan fingerprint density at radius 3 is 2.37 bits per heavy atom. The quantitative estimate of drug-likeness (QED) is 0.841. The molecule has 0 aliphatic heterocycles. The predicted molar refractivity (Wildman–Crippen MR) is 81.6 cm³/mol. The topological polar surface area (TPSA) is 49.7 Å². The second kappa shape index (κ2) is 6.96. The van der Waals surface area contributed by atoms with E-state index < -0.39 is 17.1 Å². The van der Waals surface area contributed by atoms with Crippen LogP contribution in [0, 0.1) is 0 Å². The van der Waals surface area contributed by atoms with E-state index in [2.05, 4.69) is 4.40 Å². The van der Waals surface area contributed by atoms with E-state index in [0.29, 0.717) is 12.8 Å². The molecule has 1 aromatic rings. The van der Waals surface area contributed by atoms with Crippen LogP contribution in [0.2, 0.25) is 0 Å². The van der Waals surface area contributed by atoms with Crippen LogP contribution in [0.4, 0.5) is 0 Å². The smallest absolute Gasteiger partial charge is 0.144 e. The van der Waals surface area contributed by atoms with Crippen molar-refractivity contribution in [2.24, 2.45) is 4.40 Å². The summed E-state index contributed by atoms with van der Waals surface area (Å²) in [6, 6.07) is 9.49. The summed E-state index contributed by atoms with van der Waals surface area (Å²) >= 11 is 0. The van der Waals surface area contributed by atoms with Gasteiger partial charge >= 0.3 is 0 Å². The predicted octanol–water partition coefficient (Wildman–Crippen LogP) is 3.42. The van der Waals surface area contributed by atoms with Crippen LogP contribution in [0.15, 0.2) is 34.7 Å². The second-order valence-electron chi connectivity index (χ2n) is 5.50. The third-order valence-corrected chi connectivity index (χ3v) is 4.23. The average Bonchev–Trinajstić information content (AvgIpc) is 2.37. The van der Waals surface area contributed by atoms with E-state index in [9.17, 15) is 9.32 Å². The molecule has 0 fully saturated rings. The zero-order valence-electron chi connectivity index (χ0n) is 12.1. The molecule has 0 heterocycles. The molecule has 0 bridgehead atoms. The van der Waals surface area contributed by atoms with Crippen molar-refractivity contribution in [2.45, 2.75) is 51.4 Å². The normalized spacial score (nSPS) is 16.2. The standard InChI is InChI=1S/C15H23NO2S/c1-5-13(16-19(18)15(2,3)4)11-14(17)12-9-7-6-8-10-12/h6-10,14,17H,5,11H2,1-4H3/b16-13+/t14-,19?/m0/s1. The first-order valence-electron chi connectivity index (χ1n) is 6.56. The highest BCUT2D eigenvalue weighted by atomic mass is 32.2. The lowest BCUT2D eigenvalue weighted by Crippen LogP contribution is -2.21. The SMILES string of the molecule is CC/C(C[C@H](O)c1ccccc1)=N\S(=O)C(C)(C)C. The Kier molecular flexibility index (Phi) is 5.88. The Balaban J connectivity index is 2.78. The van der Waals surface area contributed by atoms with E-state index in [4.69, 9.17) is 0 Å². The largest absolute Gasteiger partial charge is 0.388 e. The molecule has 1 rings (SSSR count). The van der Waals surface area contributed by atoms with Crippen molar-refractivity contribution in [3.05, 3.63) is 35.9 Å². The van der Waals surface area contributed by atoms with Gasteiger partial charge in [0, 0.05) is 12.1 Å². The molecule has 0 spiro atoms. The summed E-state index contributed by atoms with van der Waals surface area (Å²) in [6.45, 7) is 7.66. The Morgan fingerprint density at radius 2 is 1.89 bits per heavy atom. The Hall–Kier alpha value is -1.00. The fourth-order valence-corrected chi connectivity index (χ4v) is 2.23. The van der Waals surface area contributed by atoms with Gasteiger partial charge in [0.1, 0.15) is 11.0 Å². The highest BCUT2D eigenvalue weighted by Crippen LogP contribution is 2.19. The number of hydrogen-bond donors (Lipinski definition) is 1. The third kappa shape index (κ3) is 5.25. The molecule has 1 aromatic carbocycles. The Bertz CT molecular complexity index is 449. The summed E-state index contributed by atoms with van der Waals surface area (Å²) in [6.07, 6.45) is 0.547. The van der Waals surface area contributed by atoms with Gasteiger partial charge in [-0.05, 0) is 32.8 Å². The molecular formula is C15H23NO2S. The lowest BCUT2D eigenvalue weighted by atomic mass is 10.0. The van der Waals surface area contributed by atoms with E-state index >= 15 is 0 Å². The zero-order valence-corrected chi connectivity index (χ0v) is 12.9. The molecule has 0 radical (unpaired) electrons. The van der Waals surface area contributed by atoms with Crippen LogP contribution in [0.1, 0.15) is 52.2 Å². The summed E-state index contributed by atoms with van der Waals surface area (Å²) in [5, 5.41) is 10.2. The monoisotopic (exact) mass is 281 g/mol. The van der Waals surface area contributed by atoms with Crippen molar-refractivity contribution in [1.82, 2.24) is 0 Å². The summed E-state index contributed by atoms with van der Waals surface area (Å²) < 4.78 is 15.9. The maximum Gasteiger partial charge on any atom is 0.144 e. The molecule has 19 heavy (non-hydrogen) atoms. The molecule has 0 aliphatic carbocycles. The average molecular weight is 281 g/mol. The molecule has 0 saturated heterocycles. The highest BCUT2D eigenvalue weighted by molar-refractivity contribution is 7.85. The van der Waals surface area contributed by atoms with Gasteiger partial charge < -0.3 is 5.11 Å². The van der Waals surface area contributed by atoms with Gasteiger partial charge in [-0.25, -0.2) is 4.21 Å². The number of aliphatic hydroxyl groups excluding tert-OH is 1. The van der Waals surface area contributed by atoms with Gasteiger partial charge in [-0.1, -0.05) is 37.3 Å². The molecular weight excluding hydrogens is 258 g/mol. The fourth-order valence-electron chi connectivity index (χ4n) is 1.52. The molecule has 0 aliphatic rings. The van der Waals surface area contributed by atoms with Crippen molar-refractivity contribution < 1.29 is 9.32 Å². The molecule has 2 atom stereocenters. The van der Waals surface area contributed by atoms with Gasteiger partial charge in [-0.15, -0.1) is 0 Å². The van der Waals surface area contributed by atoms with Crippen LogP contribution < -0.4 is 0 Å². The van der Waals surface area contributed by atoms with E-state index in [1.54, 1.807) is 0 Å². The van der Waals surface area contributed by atoms with E-state index in [-0.39, 0.29) is 4.75 Å². The molecule has 3 nitrogen and oxygen atoms in total. The molecule has 1 unspecified atom stereocenters. The van der Waals surface area contributed by atoms with Crippen molar-refractivity contribution >= 4 is 16.7 Å². The Morgan fingerprint density at radius 1 is 1.32 bits per heavy atom. The molecule has 1 N–H and O–H groups in total. The summed E-state index contributed by atoms with van der Waals surface area (Å²) in [5.41, 5.74) is 1.66. The molecule has 0 aromatic heterocycles. The van der Waals surface area contributed by atoms with Crippen LogP contribution in [0.3, 0.4) is 0 Å². The molecule has 0 saturated carbocycles. The van der Waals surface area contributed by atoms with Gasteiger partial charge in [0.2, 0.25) is 0 Å². The first kappa shape index (κ1) is 16.1. The van der Waals surface area contributed by atoms with Crippen molar-refractivity contribution in [2.75, 3.05) is 0 Å². The zero-order chi connectivity index (χ0) is 14.5. The third-order valence-electron chi connectivity index (χ3n) is 2.76. The molecule has 0 amide bonds. The van der Waals surface area contributed by atoms with Gasteiger partial charge in [0.15, 0.2) is 0 Å². The first-order chi connectivity index (χ1) is 8.84. The highest BCUT2D eigenvalue weighted by Gasteiger charge is 2.20. The van der Waals surface area contributed by atoms with Gasteiger partial charge in [-0.3, -0.25) is 0 Å². The summed E-state index contributed by atoms with van der Waals surface area (Å²) in [4.78, 5) is 0. The minimum atomic E-state index is -1.26. The van der Waals surface area contributed by atoms with Crippen LogP contribution in [0.5, 0.6) is 0 Å². The van der Waals surface area contributed by atoms with Crippen molar-refractivity contribution in [1.29, 1.82) is 0 Å². The van der Waals surface area contributed by atoms with Gasteiger partial charge in [-0.2, -0.15) is 4.40 Å². The van der Waals surface area contributed by atoms with E-state index in [1.807, 2.05) is 58.0 Å². The summed E-state index contributed by atoms with van der Waals surface area (Å²) in [5.74, 6) is 0. The minimum absolute atomic E-state index is 0.363. The van der Waals surface area contributed by atoms with Gasteiger partial charge in [0.25, 0.3) is 0 Å². The number of nitrogens with zero attached hydrogens (tertiary/aromatic N) is 1. The first-order valence-corrected chi connectivity index (χ1v) is 7.66. The maximum absolute atomic E-state index is 12.0. The van der Waals surface area contributed by atoms with E-state index in [0.717, 1.165) is 11.3 Å². The van der Waals surface area contributed by atoms with Crippen molar-refractivity contribution in [3.63, 3.8) is 0 Å². The van der Waals surface area contributed by atoms with Crippen LogP contribution in [-0.4, -0.2) is 19.8 Å². The lowest BCUT2D eigenvalue weighted by molar-refractivity contribution is 0.186. The number of hydrogen-bond acceptors (Lipinski definition) is 2. The van der Waals surface area contributed by atoms with E-state index in [1.165, 1.54) is 0 Å². The number of benzene rings is 1. The van der Waals surface area contributed by atoms with Crippen LogP contribution in [0.25, 0.3) is 0 Å². The second-order valence-corrected chi connectivity index (χ2v) is 7.41. The van der Waals surface area contributed by atoms with Crippen LogP contribution >= 0.6 is 0 Å². The van der Waals surface area contributed by atoms with Crippen LogP contribution in [-0.2, 0) is 11.0 Å². The summed E-state index contributed by atoms with van der Waals surface area (Å²) in [7, 11) is -1.26. The lowest BCUT2D eigenvalue weighted by Gasteiger charge is -2.16. The molecule has 106 valence electrons. The minimum Gasteiger partial charge on any atom is -0.388 e. The Labute approximate surface area is 118 Å². The van der Waals surface area contributed by atoms with Crippen molar-refractivity contribution in [3.8, 4) is 0 Å².